The van der Waals surface area contributed by atoms with E-state index in [2.05, 4.69) is 175 Å². The van der Waals surface area contributed by atoms with Crippen molar-refractivity contribution >= 4 is 55.8 Å². The molecule has 1 radical (unpaired) electrons. The molecule has 0 N–H and O–H groups in total. The molecule has 0 saturated heterocycles. The Morgan fingerprint density at radius 3 is 2.04 bits per heavy atom. The van der Waals surface area contributed by atoms with Gasteiger partial charge in [-0.2, -0.15) is 11.3 Å². The van der Waals surface area contributed by atoms with Crippen LogP contribution in [0.4, 0.5) is 0 Å². The minimum Gasteiger partial charge on any atom is -0.333 e. The van der Waals surface area contributed by atoms with E-state index in [0.29, 0.717) is 29.2 Å². The number of nitrogens with zero attached hydrogens (tertiary/aromatic N) is 3. The average molecular weight is 965 g/mol. The maximum Gasteiger partial charge on any atom is 0.0799 e. The number of hydrogen-bond donors (Lipinski definition) is 0. The second-order valence-electron chi connectivity index (χ2n) is 17.0. The van der Waals surface area contributed by atoms with E-state index in [0.717, 1.165) is 33.7 Å². The van der Waals surface area contributed by atoms with Gasteiger partial charge in [-0.25, -0.2) is 0 Å². The van der Waals surface area contributed by atoms with Crippen LogP contribution in [0.5, 0.6) is 0 Å². The molecule has 0 aliphatic carbocycles. The van der Waals surface area contributed by atoms with Crippen LogP contribution in [0.2, 0.25) is 19.6 Å². The Morgan fingerprint density at radius 1 is 0.702 bits per heavy atom. The second kappa shape index (κ2) is 17.3. The van der Waals surface area contributed by atoms with Crippen LogP contribution in [0.25, 0.3) is 59.5 Å². The molecule has 8 rings (SSSR count). The van der Waals surface area contributed by atoms with Gasteiger partial charge < -0.3 is 9.55 Å². The van der Waals surface area contributed by atoms with E-state index in [1.54, 1.807) is 12.1 Å². The fourth-order valence-corrected chi connectivity index (χ4v) is 10.3. The summed E-state index contributed by atoms with van der Waals surface area (Å²) in [5.41, 5.74) is 10.5. The van der Waals surface area contributed by atoms with Crippen LogP contribution < -0.4 is 5.19 Å². The smallest absolute Gasteiger partial charge is 0.0799 e. The van der Waals surface area contributed by atoms with E-state index < -0.39 is 14.9 Å². The Hall–Kier alpha value is -4.19. The predicted molar refractivity (Wildman–Crippen MR) is 246 cm³/mol. The molecule has 0 fully saturated rings. The van der Waals surface area contributed by atoms with E-state index in [-0.39, 0.29) is 20.1 Å². The van der Waals surface area contributed by atoms with Crippen molar-refractivity contribution in [2.75, 3.05) is 0 Å². The van der Waals surface area contributed by atoms with Gasteiger partial charge in [-0.15, -0.1) is 59.2 Å². The molecule has 0 spiro atoms. The van der Waals surface area contributed by atoms with Crippen LogP contribution in [-0.4, -0.2) is 22.6 Å². The Bertz CT molecular complexity index is 2730. The standard InChI is InChI=1S/C31H27N2S.C20H28NSi.Ir/c1-19(2)22-11-9-12-23(20(3)4)30(22)33-27-14-7-6-13-26(27)32-31(33)21-16-17-29-25(18-21)24-10-5-8-15-28(24)34-29;1-14(2)16(4)18-12-19(17-10-8-15(3)9-11-17)21-13-20(18)22(5,6)7;/h5-15,17-20H,1-4H3;8-10,12-14,16H,1-7H3;/q2*-1;/i;3D3;. The fourth-order valence-electron chi connectivity index (χ4n) is 7.57. The number of hydrogen-bond acceptors (Lipinski definition) is 3. The molecule has 1 unspecified atom stereocenters. The molecule has 0 amide bonds. The number of aryl methyl sites for hydroxylation is 1. The first-order valence-electron chi connectivity index (χ1n) is 21.4. The fraction of sp³-hybridized carbons (Fsp3) is 0.294. The molecule has 3 aromatic heterocycles. The summed E-state index contributed by atoms with van der Waals surface area (Å²) < 4.78 is 27.4. The summed E-state index contributed by atoms with van der Waals surface area (Å²) >= 11 is 1.83. The van der Waals surface area contributed by atoms with Gasteiger partial charge in [0.2, 0.25) is 0 Å². The summed E-state index contributed by atoms with van der Waals surface area (Å²) in [6.07, 6.45) is 2.03. The van der Waals surface area contributed by atoms with Gasteiger partial charge in [-0.3, -0.25) is 4.98 Å². The van der Waals surface area contributed by atoms with Gasteiger partial charge in [0.1, 0.15) is 0 Å². The van der Waals surface area contributed by atoms with Crippen LogP contribution >= 0.6 is 11.3 Å². The summed E-state index contributed by atoms with van der Waals surface area (Å²) in [6.45, 7) is 20.8. The SMILES string of the molecule is CC(C)c1cccc(C(C)C)c1-n1c(-c2[c-]cc3sc4ccccc4c3c2)nc2ccccc21.[2H]C([2H])([2H])c1c[c-]c(-c2cc(C(C)C(C)C)c([Si](C)(C)C)cn2)cc1.[Ir]. The van der Waals surface area contributed by atoms with Crippen LogP contribution in [0.15, 0.2) is 109 Å². The molecule has 3 nitrogen and oxygen atoms in total. The van der Waals surface area contributed by atoms with Crippen LogP contribution in [0.3, 0.4) is 0 Å². The van der Waals surface area contributed by atoms with Crippen molar-refractivity contribution in [3.63, 3.8) is 0 Å². The molecule has 8 aromatic rings. The molecular formula is C51H55IrN3SSi-2. The normalized spacial score (nSPS) is 13.4. The number of fused-ring (bicyclic) bond motifs is 4. The second-order valence-corrected chi connectivity index (χ2v) is 23.1. The third-order valence-corrected chi connectivity index (χ3v) is 14.2. The molecule has 5 aromatic carbocycles. The third-order valence-electron chi connectivity index (χ3n) is 11.0. The van der Waals surface area contributed by atoms with E-state index in [4.69, 9.17) is 9.10 Å². The van der Waals surface area contributed by atoms with Crippen molar-refractivity contribution < 1.29 is 24.2 Å². The van der Waals surface area contributed by atoms with Crippen molar-refractivity contribution in [3.8, 4) is 28.3 Å². The maximum absolute atomic E-state index is 7.48. The number of para-hydroxylation sites is 3. The summed E-state index contributed by atoms with van der Waals surface area (Å²) in [5.74, 6) is 2.75. The zero-order chi connectivity index (χ0) is 42.4. The van der Waals surface area contributed by atoms with Gasteiger partial charge in [0.25, 0.3) is 0 Å². The van der Waals surface area contributed by atoms with Gasteiger partial charge in [-0.05, 0) is 74.0 Å². The maximum atomic E-state index is 7.48. The van der Waals surface area contributed by atoms with E-state index in [9.17, 15) is 0 Å². The zero-order valence-electron chi connectivity index (χ0n) is 37.8. The van der Waals surface area contributed by atoms with E-state index in [1.165, 1.54) is 47.7 Å². The molecular weight excluding hydrogens is 907 g/mol. The Morgan fingerprint density at radius 2 is 1.39 bits per heavy atom. The zero-order valence-corrected chi connectivity index (χ0v) is 39.0. The molecule has 295 valence electrons. The van der Waals surface area contributed by atoms with E-state index in [1.807, 2.05) is 23.6 Å². The molecule has 0 bridgehead atoms. The van der Waals surface area contributed by atoms with E-state index >= 15 is 0 Å². The van der Waals surface area contributed by atoms with Crippen molar-refractivity contribution in [2.45, 2.75) is 92.7 Å². The molecule has 0 aliphatic heterocycles. The Balaban J connectivity index is 0.000000208. The number of aromatic nitrogens is 3. The van der Waals surface area contributed by atoms with Crippen molar-refractivity contribution in [3.05, 3.63) is 144 Å². The molecule has 1 atom stereocenters. The molecule has 6 heteroatoms. The number of rotatable bonds is 8. The van der Waals surface area contributed by atoms with Gasteiger partial charge >= 0.3 is 0 Å². The van der Waals surface area contributed by atoms with Gasteiger partial charge in [0.15, 0.2) is 0 Å². The molecule has 57 heavy (non-hydrogen) atoms. The largest absolute Gasteiger partial charge is 0.333 e. The van der Waals surface area contributed by atoms with Crippen molar-refractivity contribution in [1.82, 2.24) is 14.5 Å². The third kappa shape index (κ3) is 8.66. The molecule has 0 saturated carbocycles. The topological polar surface area (TPSA) is 30.7 Å². The summed E-state index contributed by atoms with van der Waals surface area (Å²) in [7, 11) is -1.49. The van der Waals surface area contributed by atoms with Crippen LogP contribution in [-0.2, 0) is 20.1 Å². The predicted octanol–water partition coefficient (Wildman–Crippen LogP) is 14.3. The Labute approximate surface area is 363 Å². The van der Waals surface area contributed by atoms with Gasteiger partial charge in [0, 0.05) is 40.8 Å². The first-order chi connectivity index (χ1) is 27.9. The van der Waals surface area contributed by atoms with Crippen LogP contribution in [0, 0.1) is 24.9 Å². The first kappa shape index (κ1) is 38.3. The van der Waals surface area contributed by atoms with Crippen molar-refractivity contribution in [2.24, 2.45) is 5.92 Å². The van der Waals surface area contributed by atoms with Crippen molar-refractivity contribution in [1.29, 1.82) is 0 Å². The minimum absolute atomic E-state index is 0. The van der Waals surface area contributed by atoms with Gasteiger partial charge in [-0.1, -0.05) is 141 Å². The summed E-state index contributed by atoms with van der Waals surface area (Å²) in [4.78, 5) is 9.84. The number of benzene rings is 5. The average Bonchev–Trinajstić information content (AvgIpc) is 3.78. The van der Waals surface area contributed by atoms with Gasteiger partial charge in [0.05, 0.1) is 24.9 Å². The number of pyridine rings is 1. The Kier molecular flexibility index (Phi) is 11.7. The summed E-state index contributed by atoms with van der Waals surface area (Å²) in [5, 5.41) is 3.97. The first-order valence-corrected chi connectivity index (χ1v) is 24.2. The minimum atomic E-state index is -2.10. The monoisotopic (exact) mass is 965 g/mol. The summed E-state index contributed by atoms with van der Waals surface area (Å²) in [6, 6.07) is 42.1. The molecule has 0 aliphatic rings. The quantitative estimate of drug-likeness (QED) is 0.112. The number of thiophene rings is 1. The van der Waals surface area contributed by atoms with Crippen LogP contribution in [0.1, 0.15) is 92.6 Å². The molecule has 3 heterocycles. The number of imidazole rings is 1.